The first-order valence-corrected chi connectivity index (χ1v) is 6.51. The van der Waals surface area contributed by atoms with Gasteiger partial charge in [0.1, 0.15) is 6.07 Å². The van der Waals surface area contributed by atoms with E-state index in [1.807, 2.05) is 0 Å². The van der Waals surface area contributed by atoms with Gasteiger partial charge in [-0.2, -0.15) is 5.26 Å². The van der Waals surface area contributed by atoms with E-state index in [4.69, 9.17) is 11.7 Å². The van der Waals surface area contributed by atoms with E-state index in [-0.39, 0.29) is 6.04 Å². The maximum atomic E-state index is 9.10. The zero-order chi connectivity index (χ0) is 13.2. The topological polar surface area (TPSA) is 56.1 Å². The Bertz CT molecular complexity index is 556. The molecule has 19 heavy (non-hydrogen) atoms. The number of hydrogen-bond acceptors (Lipinski definition) is 5. The standard InChI is InChI=1S/C14H15N5/c1-2-11-3-4-12-10-18(7-8-19(11)12)14-13(9-15)16-5-6-17-14/h1,5-6,11-12H,3-4,7-8,10H2. The van der Waals surface area contributed by atoms with E-state index in [2.05, 4.69) is 31.8 Å². The van der Waals surface area contributed by atoms with Crippen molar-refractivity contribution >= 4 is 5.82 Å². The molecule has 3 rings (SSSR count). The summed E-state index contributed by atoms with van der Waals surface area (Å²) in [6.45, 7) is 2.66. The number of fused-ring (bicyclic) bond motifs is 1. The molecule has 5 heteroatoms. The average Bonchev–Trinajstić information content (AvgIpc) is 2.89. The van der Waals surface area contributed by atoms with Gasteiger partial charge < -0.3 is 4.90 Å². The van der Waals surface area contributed by atoms with Gasteiger partial charge in [-0.1, -0.05) is 5.92 Å². The van der Waals surface area contributed by atoms with Crippen molar-refractivity contribution in [1.29, 1.82) is 5.26 Å². The lowest BCUT2D eigenvalue weighted by Gasteiger charge is -2.39. The summed E-state index contributed by atoms with van der Waals surface area (Å²) in [6, 6.07) is 2.87. The van der Waals surface area contributed by atoms with Gasteiger partial charge in [-0.25, -0.2) is 9.97 Å². The van der Waals surface area contributed by atoms with Crippen molar-refractivity contribution in [3.05, 3.63) is 18.1 Å². The van der Waals surface area contributed by atoms with E-state index >= 15 is 0 Å². The largest absolute Gasteiger partial charge is 0.351 e. The Morgan fingerprint density at radius 2 is 2.11 bits per heavy atom. The fourth-order valence-electron chi connectivity index (χ4n) is 3.07. The van der Waals surface area contributed by atoms with Gasteiger partial charge in [-0.3, -0.25) is 4.90 Å². The number of nitrogens with zero attached hydrogens (tertiary/aromatic N) is 5. The van der Waals surface area contributed by atoms with Gasteiger partial charge in [0.2, 0.25) is 0 Å². The molecule has 0 spiro atoms. The fourth-order valence-corrected chi connectivity index (χ4v) is 3.07. The van der Waals surface area contributed by atoms with Crippen LogP contribution < -0.4 is 4.90 Å². The van der Waals surface area contributed by atoms with E-state index in [9.17, 15) is 0 Å². The molecule has 5 nitrogen and oxygen atoms in total. The van der Waals surface area contributed by atoms with Crippen molar-refractivity contribution in [2.24, 2.45) is 0 Å². The Morgan fingerprint density at radius 1 is 1.26 bits per heavy atom. The van der Waals surface area contributed by atoms with E-state index < -0.39 is 0 Å². The first-order valence-electron chi connectivity index (χ1n) is 6.51. The molecule has 0 aliphatic carbocycles. The number of anilines is 1. The van der Waals surface area contributed by atoms with Crippen LogP contribution >= 0.6 is 0 Å². The molecule has 0 radical (unpaired) electrons. The Balaban J connectivity index is 1.80. The van der Waals surface area contributed by atoms with Crippen LogP contribution in [0.3, 0.4) is 0 Å². The van der Waals surface area contributed by atoms with Crippen LogP contribution in [0.5, 0.6) is 0 Å². The molecule has 96 valence electrons. The van der Waals surface area contributed by atoms with Crippen LogP contribution in [0.2, 0.25) is 0 Å². The predicted molar refractivity (Wildman–Crippen MR) is 71.3 cm³/mol. The maximum absolute atomic E-state index is 9.10. The lowest BCUT2D eigenvalue weighted by molar-refractivity contribution is 0.202. The molecule has 2 saturated heterocycles. The Labute approximate surface area is 112 Å². The second-order valence-corrected chi connectivity index (χ2v) is 4.94. The number of nitriles is 1. The first kappa shape index (κ1) is 12.0. The maximum Gasteiger partial charge on any atom is 0.183 e. The molecule has 2 aliphatic heterocycles. The van der Waals surface area contributed by atoms with Gasteiger partial charge in [0.05, 0.1) is 6.04 Å². The third kappa shape index (κ3) is 2.03. The molecular weight excluding hydrogens is 238 g/mol. The number of aromatic nitrogens is 2. The molecule has 0 amide bonds. The zero-order valence-corrected chi connectivity index (χ0v) is 10.7. The van der Waals surface area contributed by atoms with Crippen molar-refractivity contribution < 1.29 is 0 Å². The normalized spacial score (nSPS) is 26.5. The van der Waals surface area contributed by atoms with E-state index in [1.165, 1.54) is 0 Å². The predicted octanol–water partition coefficient (Wildman–Crippen LogP) is 0.634. The minimum Gasteiger partial charge on any atom is -0.351 e. The molecule has 0 bridgehead atoms. The smallest absolute Gasteiger partial charge is 0.183 e. The summed E-state index contributed by atoms with van der Waals surface area (Å²) < 4.78 is 0. The Hall–Kier alpha value is -2.11. The number of rotatable bonds is 1. The lowest BCUT2D eigenvalue weighted by Crippen LogP contribution is -2.52. The van der Waals surface area contributed by atoms with Crippen LogP contribution in [0.15, 0.2) is 12.4 Å². The Kier molecular flexibility index (Phi) is 3.06. The molecule has 1 aromatic rings. The molecule has 0 saturated carbocycles. The monoisotopic (exact) mass is 253 g/mol. The molecule has 3 heterocycles. The molecule has 2 unspecified atom stereocenters. The highest BCUT2D eigenvalue weighted by molar-refractivity contribution is 5.50. The molecule has 1 aromatic heterocycles. The summed E-state index contributed by atoms with van der Waals surface area (Å²) in [5.74, 6) is 3.57. The van der Waals surface area contributed by atoms with Crippen LogP contribution in [-0.4, -0.2) is 46.6 Å². The molecular formula is C14H15N5. The molecule has 2 atom stereocenters. The first-order chi connectivity index (χ1) is 9.33. The number of terminal acetylenes is 1. The highest BCUT2D eigenvalue weighted by atomic mass is 15.3. The van der Waals surface area contributed by atoms with Gasteiger partial charge in [-0.15, -0.1) is 6.42 Å². The second kappa shape index (κ2) is 4.87. The summed E-state index contributed by atoms with van der Waals surface area (Å²) in [4.78, 5) is 12.9. The molecule has 2 fully saturated rings. The van der Waals surface area contributed by atoms with Crippen molar-refractivity contribution in [3.63, 3.8) is 0 Å². The summed E-state index contributed by atoms with van der Waals surface area (Å²) in [5.41, 5.74) is 0.405. The van der Waals surface area contributed by atoms with Crippen molar-refractivity contribution in [1.82, 2.24) is 14.9 Å². The number of piperazine rings is 1. The van der Waals surface area contributed by atoms with Gasteiger partial charge in [0, 0.05) is 38.1 Å². The molecule has 0 aromatic carbocycles. The summed E-state index contributed by atoms with van der Waals surface area (Å²) in [6.07, 6.45) is 10.9. The van der Waals surface area contributed by atoms with E-state index in [0.29, 0.717) is 17.6 Å². The summed E-state index contributed by atoms with van der Waals surface area (Å²) in [7, 11) is 0. The lowest BCUT2D eigenvalue weighted by atomic mass is 10.1. The van der Waals surface area contributed by atoms with Crippen molar-refractivity contribution in [2.45, 2.75) is 24.9 Å². The highest BCUT2D eigenvalue weighted by Crippen LogP contribution is 2.29. The minimum absolute atomic E-state index is 0.282. The average molecular weight is 253 g/mol. The zero-order valence-electron chi connectivity index (χ0n) is 10.7. The van der Waals surface area contributed by atoms with Crippen LogP contribution in [0.4, 0.5) is 5.82 Å². The van der Waals surface area contributed by atoms with Crippen LogP contribution in [0.25, 0.3) is 0 Å². The van der Waals surface area contributed by atoms with Gasteiger partial charge in [-0.05, 0) is 12.8 Å². The van der Waals surface area contributed by atoms with Gasteiger partial charge in [0.15, 0.2) is 11.5 Å². The van der Waals surface area contributed by atoms with Crippen molar-refractivity contribution in [2.75, 3.05) is 24.5 Å². The van der Waals surface area contributed by atoms with Crippen LogP contribution in [-0.2, 0) is 0 Å². The van der Waals surface area contributed by atoms with E-state index in [0.717, 1.165) is 32.5 Å². The highest BCUT2D eigenvalue weighted by Gasteiger charge is 2.37. The Morgan fingerprint density at radius 3 is 2.89 bits per heavy atom. The minimum atomic E-state index is 0.282. The van der Waals surface area contributed by atoms with Gasteiger partial charge >= 0.3 is 0 Å². The quantitative estimate of drug-likeness (QED) is 0.687. The number of hydrogen-bond donors (Lipinski definition) is 0. The second-order valence-electron chi connectivity index (χ2n) is 4.94. The van der Waals surface area contributed by atoms with Crippen LogP contribution in [0, 0.1) is 23.7 Å². The fraction of sp³-hybridized carbons (Fsp3) is 0.500. The third-order valence-corrected chi connectivity index (χ3v) is 3.98. The van der Waals surface area contributed by atoms with Gasteiger partial charge in [0.25, 0.3) is 0 Å². The molecule has 0 N–H and O–H groups in total. The SMILES string of the molecule is C#CC1CCC2CN(c3nccnc3C#N)CCN12. The summed E-state index contributed by atoms with van der Waals surface area (Å²) >= 11 is 0. The van der Waals surface area contributed by atoms with Crippen molar-refractivity contribution in [3.8, 4) is 18.4 Å². The molecule has 2 aliphatic rings. The van der Waals surface area contributed by atoms with E-state index in [1.54, 1.807) is 12.4 Å². The van der Waals surface area contributed by atoms with Crippen LogP contribution in [0.1, 0.15) is 18.5 Å². The third-order valence-electron chi connectivity index (χ3n) is 3.98. The summed E-state index contributed by atoms with van der Waals surface area (Å²) in [5, 5.41) is 9.10.